The zero-order chi connectivity index (χ0) is 15.6. The van der Waals surface area contributed by atoms with Gasteiger partial charge in [0.2, 0.25) is 0 Å². The molecule has 1 atom stereocenters. The number of nitrogens with one attached hydrogen (secondary N) is 2. The van der Waals surface area contributed by atoms with Gasteiger partial charge >= 0.3 is 0 Å². The largest absolute Gasteiger partial charge is 0.399 e. The lowest BCUT2D eigenvalue weighted by molar-refractivity contribution is 0.613. The van der Waals surface area contributed by atoms with E-state index in [4.69, 9.17) is 5.73 Å². The van der Waals surface area contributed by atoms with Crippen LogP contribution in [0, 0.1) is 0 Å². The Morgan fingerprint density at radius 3 is 2.22 bits per heavy atom. The number of nitrogen functional groups attached to an aromatic ring is 1. The van der Waals surface area contributed by atoms with Gasteiger partial charge in [0.15, 0.2) is 0 Å². The van der Waals surface area contributed by atoms with Crippen molar-refractivity contribution in [1.29, 1.82) is 0 Å². The Kier molecular flexibility index (Phi) is 3.60. The Bertz CT molecular complexity index is 781. The van der Waals surface area contributed by atoms with E-state index >= 15 is 0 Å². The first-order valence-electron chi connectivity index (χ1n) is 8.04. The maximum absolute atomic E-state index is 5.74. The van der Waals surface area contributed by atoms with Crippen LogP contribution in [-0.2, 0) is 0 Å². The maximum atomic E-state index is 5.74. The van der Waals surface area contributed by atoms with E-state index in [0.717, 1.165) is 35.7 Å². The maximum Gasteiger partial charge on any atom is 0.123 e. The van der Waals surface area contributed by atoms with Crippen LogP contribution in [0.1, 0.15) is 24.7 Å². The van der Waals surface area contributed by atoms with Gasteiger partial charge in [0, 0.05) is 5.69 Å². The first-order chi connectivity index (χ1) is 11.3. The molecule has 1 aromatic heterocycles. The molecule has 0 saturated carbocycles. The number of hydrogen-bond acceptors (Lipinski definition) is 3. The lowest BCUT2D eigenvalue weighted by Gasteiger charge is -2.06. The standard InChI is InChI=1S/C19H20N4/c20-16-9-7-14(8-10-16)13-3-5-15(6-4-13)18-12-22-19(23-18)17-2-1-11-21-17/h3-10,12,17,21H,1-2,11,20H2,(H,22,23). The molecule has 4 rings (SSSR count). The Balaban J connectivity index is 1.57. The van der Waals surface area contributed by atoms with Crippen molar-refractivity contribution in [1.82, 2.24) is 15.3 Å². The van der Waals surface area contributed by atoms with Crippen molar-refractivity contribution in [2.75, 3.05) is 12.3 Å². The monoisotopic (exact) mass is 304 g/mol. The van der Waals surface area contributed by atoms with Gasteiger partial charge in [-0.15, -0.1) is 0 Å². The molecule has 116 valence electrons. The Morgan fingerprint density at radius 1 is 0.913 bits per heavy atom. The molecule has 23 heavy (non-hydrogen) atoms. The van der Waals surface area contributed by atoms with Gasteiger partial charge in [-0.2, -0.15) is 0 Å². The Morgan fingerprint density at radius 2 is 1.57 bits per heavy atom. The first-order valence-corrected chi connectivity index (χ1v) is 8.04. The molecule has 2 aromatic carbocycles. The van der Waals surface area contributed by atoms with Crippen LogP contribution in [0.5, 0.6) is 0 Å². The van der Waals surface area contributed by atoms with Crippen LogP contribution in [0.4, 0.5) is 5.69 Å². The van der Waals surface area contributed by atoms with E-state index in [1.165, 1.54) is 17.5 Å². The molecule has 1 unspecified atom stereocenters. The molecule has 1 aliphatic heterocycles. The third-order valence-corrected chi connectivity index (χ3v) is 4.43. The Labute approximate surface area is 135 Å². The number of aromatic amines is 1. The molecule has 0 amide bonds. The first kappa shape index (κ1) is 14.0. The lowest BCUT2D eigenvalue weighted by Crippen LogP contribution is -2.14. The number of nitrogens with zero attached hydrogens (tertiary/aromatic N) is 1. The number of benzene rings is 2. The highest BCUT2D eigenvalue weighted by Gasteiger charge is 2.19. The third-order valence-electron chi connectivity index (χ3n) is 4.43. The number of anilines is 1. The summed E-state index contributed by atoms with van der Waals surface area (Å²) >= 11 is 0. The van der Waals surface area contributed by atoms with Crippen molar-refractivity contribution in [3.8, 4) is 22.4 Å². The number of rotatable bonds is 3. The van der Waals surface area contributed by atoms with Gasteiger partial charge in [0.05, 0.1) is 17.9 Å². The fraction of sp³-hybridized carbons (Fsp3) is 0.211. The minimum absolute atomic E-state index is 0.373. The van der Waals surface area contributed by atoms with Crippen LogP contribution in [0.2, 0.25) is 0 Å². The molecule has 2 heterocycles. The zero-order valence-electron chi connectivity index (χ0n) is 12.9. The quantitative estimate of drug-likeness (QED) is 0.646. The minimum Gasteiger partial charge on any atom is -0.399 e. The molecule has 0 bridgehead atoms. The summed E-state index contributed by atoms with van der Waals surface area (Å²) < 4.78 is 0. The molecule has 0 aliphatic carbocycles. The molecule has 4 heteroatoms. The van der Waals surface area contributed by atoms with Crippen LogP contribution in [0.25, 0.3) is 22.4 Å². The molecule has 1 saturated heterocycles. The van der Waals surface area contributed by atoms with Crippen molar-refractivity contribution in [3.05, 3.63) is 60.6 Å². The molecular weight excluding hydrogens is 284 g/mol. The smallest absolute Gasteiger partial charge is 0.123 e. The summed E-state index contributed by atoms with van der Waals surface area (Å²) in [5, 5.41) is 3.47. The predicted molar refractivity (Wildman–Crippen MR) is 93.8 cm³/mol. The third kappa shape index (κ3) is 2.85. The summed E-state index contributed by atoms with van der Waals surface area (Å²) in [6, 6.07) is 16.9. The van der Waals surface area contributed by atoms with Crippen LogP contribution >= 0.6 is 0 Å². The second kappa shape index (κ2) is 5.89. The molecule has 3 aromatic rings. The predicted octanol–water partition coefficient (Wildman–Crippen LogP) is 3.75. The summed E-state index contributed by atoms with van der Waals surface area (Å²) in [5.74, 6) is 1.04. The van der Waals surface area contributed by atoms with Crippen LogP contribution in [0.15, 0.2) is 54.7 Å². The second-order valence-corrected chi connectivity index (χ2v) is 6.03. The average Bonchev–Trinajstić information content (AvgIpc) is 3.27. The number of imidazole rings is 1. The fourth-order valence-electron chi connectivity index (χ4n) is 3.10. The number of nitrogens with two attached hydrogens (primary N) is 1. The van der Waals surface area contributed by atoms with Crippen molar-refractivity contribution in [2.45, 2.75) is 18.9 Å². The lowest BCUT2D eigenvalue weighted by atomic mass is 10.0. The molecule has 0 radical (unpaired) electrons. The SMILES string of the molecule is Nc1ccc(-c2ccc(-c3cnc(C4CCCN4)[nH]3)cc2)cc1. The van der Waals surface area contributed by atoms with Crippen molar-refractivity contribution in [2.24, 2.45) is 0 Å². The van der Waals surface area contributed by atoms with Gasteiger partial charge in [0.1, 0.15) is 5.82 Å². The second-order valence-electron chi connectivity index (χ2n) is 6.03. The van der Waals surface area contributed by atoms with Crippen molar-refractivity contribution >= 4 is 5.69 Å². The van der Waals surface area contributed by atoms with Crippen LogP contribution < -0.4 is 11.1 Å². The molecular formula is C19H20N4. The van der Waals surface area contributed by atoms with Crippen molar-refractivity contribution in [3.63, 3.8) is 0 Å². The Hall–Kier alpha value is -2.59. The van der Waals surface area contributed by atoms with E-state index in [-0.39, 0.29) is 0 Å². The van der Waals surface area contributed by atoms with Crippen molar-refractivity contribution < 1.29 is 0 Å². The van der Waals surface area contributed by atoms with E-state index in [2.05, 4.69) is 39.6 Å². The van der Waals surface area contributed by atoms with E-state index in [9.17, 15) is 0 Å². The van der Waals surface area contributed by atoms with E-state index < -0.39 is 0 Å². The highest BCUT2D eigenvalue weighted by Crippen LogP contribution is 2.26. The summed E-state index contributed by atoms with van der Waals surface area (Å²) in [7, 11) is 0. The van der Waals surface area contributed by atoms with Crippen LogP contribution in [-0.4, -0.2) is 16.5 Å². The number of H-pyrrole nitrogens is 1. The minimum atomic E-state index is 0.373. The molecule has 4 nitrogen and oxygen atoms in total. The highest BCUT2D eigenvalue weighted by atomic mass is 15.0. The van der Waals surface area contributed by atoms with E-state index in [1.807, 2.05) is 30.5 Å². The highest BCUT2D eigenvalue weighted by molar-refractivity contribution is 5.69. The summed E-state index contributed by atoms with van der Waals surface area (Å²) in [4.78, 5) is 7.98. The topological polar surface area (TPSA) is 66.7 Å². The number of hydrogen-bond donors (Lipinski definition) is 3. The van der Waals surface area contributed by atoms with Crippen LogP contribution in [0.3, 0.4) is 0 Å². The van der Waals surface area contributed by atoms with E-state index in [0.29, 0.717) is 6.04 Å². The van der Waals surface area contributed by atoms with Gasteiger partial charge in [-0.3, -0.25) is 0 Å². The van der Waals surface area contributed by atoms with Gasteiger partial charge < -0.3 is 16.0 Å². The molecule has 1 fully saturated rings. The molecule has 1 aliphatic rings. The normalized spacial score (nSPS) is 17.5. The summed E-state index contributed by atoms with van der Waals surface area (Å²) in [6.07, 6.45) is 4.30. The fourth-order valence-corrected chi connectivity index (χ4v) is 3.10. The summed E-state index contributed by atoms with van der Waals surface area (Å²) in [6.45, 7) is 1.08. The zero-order valence-corrected chi connectivity index (χ0v) is 12.9. The van der Waals surface area contributed by atoms with Gasteiger partial charge in [0.25, 0.3) is 0 Å². The summed E-state index contributed by atoms with van der Waals surface area (Å²) in [5.41, 5.74) is 11.1. The van der Waals surface area contributed by atoms with Gasteiger partial charge in [-0.1, -0.05) is 36.4 Å². The average molecular weight is 304 g/mol. The number of aromatic nitrogens is 2. The molecule has 4 N–H and O–H groups in total. The van der Waals surface area contributed by atoms with Gasteiger partial charge in [-0.25, -0.2) is 4.98 Å². The van der Waals surface area contributed by atoms with E-state index in [1.54, 1.807) is 0 Å². The molecule has 0 spiro atoms. The van der Waals surface area contributed by atoms with Gasteiger partial charge in [-0.05, 0) is 48.2 Å².